The summed E-state index contributed by atoms with van der Waals surface area (Å²) in [6.07, 6.45) is -4.42. The van der Waals surface area contributed by atoms with Crippen LogP contribution < -0.4 is 0 Å². The smallest absolute Gasteiger partial charge is 0.263 e. The van der Waals surface area contributed by atoms with Gasteiger partial charge in [-0.3, -0.25) is 0 Å². The highest BCUT2D eigenvalue weighted by atomic mass is 19.3. The Bertz CT molecular complexity index is 627. The van der Waals surface area contributed by atoms with Gasteiger partial charge in [0.2, 0.25) is 0 Å². The summed E-state index contributed by atoms with van der Waals surface area (Å²) >= 11 is 0. The van der Waals surface area contributed by atoms with Gasteiger partial charge in [-0.15, -0.1) is 0 Å². The second kappa shape index (κ2) is 5.58. The van der Waals surface area contributed by atoms with E-state index >= 15 is 0 Å². The van der Waals surface area contributed by atoms with Crippen LogP contribution in [-0.2, 0) is 0 Å². The van der Waals surface area contributed by atoms with Gasteiger partial charge in [0.25, 0.3) is 6.43 Å². The molecular weight excluding hydrogens is 279 g/mol. The van der Waals surface area contributed by atoms with Gasteiger partial charge < -0.3 is 5.11 Å². The van der Waals surface area contributed by atoms with Crippen LogP contribution in [0.15, 0.2) is 36.4 Å². The van der Waals surface area contributed by atoms with Crippen LogP contribution in [0.25, 0.3) is 0 Å². The van der Waals surface area contributed by atoms with E-state index in [1.165, 1.54) is 12.1 Å². The first-order valence-electron chi connectivity index (χ1n) is 5.61. The number of hydrogen-bond donors (Lipinski definition) is 1. The summed E-state index contributed by atoms with van der Waals surface area (Å²) in [5, 5.41) is 9.92. The summed E-state index contributed by atoms with van der Waals surface area (Å²) in [6, 6.07) is 6.20. The van der Waals surface area contributed by atoms with Gasteiger partial charge in [0.15, 0.2) is 17.5 Å². The second-order valence-corrected chi connectivity index (χ2v) is 4.14. The van der Waals surface area contributed by atoms with Crippen LogP contribution in [0.1, 0.15) is 29.2 Å². The third-order valence-electron chi connectivity index (χ3n) is 2.84. The predicted octanol–water partition coefficient (Wildman–Crippen LogP) is 4.12. The lowest BCUT2D eigenvalue weighted by Gasteiger charge is -2.14. The minimum Gasteiger partial charge on any atom is -0.384 e. The van der Waals surface area contributed by atoms with Crippen molar-refractivity contribution in [2.45, 2.75) is 12.5 Å². The van der Waals surface area contributed by atoms with E-state index < -0.39 is 35.5 Å². The highest BCUT2D eigenvalue weighted by Gasteiger charge is 2.21. The average molecular weight is 288 g/mol. The van der Waals surface area contributed by atoms with Gasteiger partial charge in [0, 0.05) is 11.1 Å². The van der Waals surface area contributed by atoms with Gasteiger partial charge in [0.1, 0.15) is 6.10 Å². The molecule has 6 heteroatoms. The number of alkyl halides is 2. The molecular formula is C14H9F5O. The lowest BCUT2D eigenvalue weighted by atomic mass is 9.99. The van der Waals surface area contributed by atoms with E-state index in [4.69, 9.17) is 0 Å². The molecule has 0 saturated carbocycles. The summed E-state index contributed by atoms with van der Waals surface area (Å²) in [6.45, 7) is 0. The topological polar surface area (TPSA) is 20.2 Å². The molecule has 1 N–H and O–H groups in total. The van der Waals surface area contributed by atoms with E-state index in [0.29, 0.717) is 6.07 Å². The molecule has 20 heavy (non-hydrogen) atoms. The minimum absolute atomic E-state index is 0.0345. The second-order valence-electron chi connectivity index (χ2n) is 4.14. The monoisotopic (exact) mass is 288 g/mol. The summed E-state index contributed by atoms with van der Waals surface area (Å²) in [4.78, 5) is 0. The van der Waals surface area contributed by atoms with Crippen molar-refractivity contribution in [1.29, 1.82) is 0 Å². The van der Waals surface area contributed by atoms with Gasteiger partial charge >= 0.3 is 0 Å². The van der Waals surface area contributed by atoms with E-state index in [0.717, 1.165) is 18.2 Å². The van der Waals surface area contributed by atoms with Crippen LogP contribution in [0.4, 0.5) is 22.0 Å². The van der Waals surface area contributed by atoms with Crippen molar-refractivity contribution < 1.29 is 27.1 Å². The quantitative estimate of drug-likeness (QED) is 0.665. The normalized spacial score (nSPS) is 12.8. The van der Waals surface area contributed by atoms with Crippen LogP contribution >= 0.6 is 0 Å². The van der Waals surface area contributed by atoms with Crippen LogP contribution in [-0.4, -0.2) is 5.11 Å². The molecule has 0 heterocycles. The third kappa shape index (κ3) is 2.65. The first kappa shape index (κ1) is 14.5. The summed E-state index contributed by atoms with van der Waals surface area (Å²) in [5.41, 5.74) is -0.910. The zero-order valence-electron chi connectivity index (χ0n) is 9.96. The fourth-order valence-electron chi connectivity index (χ4n) is 1.80. The Morgan fingerprint density at radius 2 is 1.50 bits per heavy atom. The molecule has 1 atom stereocenters. The van der Waals surface area contributed by atoms with Crippen molar-refractivity contribution in [3.63, 3.8) is 0 Å². The van der Waals surface area contributed by atoms with Crippen molar-refractivity contribution >= 4 is 0 Å². The van der Waals surface area contributed by atoms with E-state index in [1.807, 2.05) is 0 Å². The Morgan fingerprint density at radius 1 is 0.850 bits per heavy atom. The fraction of sp³-hybridized carbons (Fsp3) is 0.143. The number of halogens is 5. The van der Waals surface area contributed by atoms with Gasteiger partial charge in [-0.05, 0) is 17.7 Å². The minimum atomic E-state index is -2.75. The summed E-state index contributed by atoms with van der Waals surface area (Å²) in [5.74, 6) is -4.65. The SMILES string of the molecule is OC(c1cccc(C(F)F)c1)c1ccc(F)c(F)c1F. The van der Waals surface area contributed by atoms with Crippen molar-refractivity contribution in [3.8, 4) is 0 Å². The molecule has 2 rings (SSSR count). The van der Waals surface area contributed by atoms with E-state index in [9.17, 15) is 27.1 Å². The molecule has 0 aliphatic carbocycles. The molecule has 0 aromatic heterocycles. The molecule has 0 aliphatic heterocycles. The molecule has 0 amide bonds. The fourth-order valence-corrected chi connectivity index (χ4v) is 1.80. The van der Waals surface area contributed by atoms with Crippen molar-refractivity contribution in [2.75, 3.05) is 0 Å². The first-order chi connectivity index (χ1) is 9.41. The maximum absolute atomic E-state index is 13.5. The molecule has 0 saturated heterocycles. The molecule has 2 aromatic carbocycles. The van der Waals surface area contributed by atoms with E-state index in [-0.39, 0.29) is 11.1 Å². The molecule has 0 aliphatic rings. The average Bonchev–Trinajstić information content (AvgIpc) is 2.44. The highest BCUT2D eigenvalue weighted by molar-refractivity contribution is 5.34. The lowest BCUT2D eigenvalue weighted by Crippen LogP contribution is -2.06. The molecule has 0 spiro atoms. The van der Waals surface area contributed by atoms with Gasteiger partial charge in [-0.1, -0.05) is 24.3 Å². The first-order valence-corrected chi connectivity index (χ1v) is 5.61. The van der Waals surface area contributed by atoms with E-state index in [2.05, 4.69) is 0 Å². The zero-order chi connectivity index (χ0) is 14.9. The Balaban J connectivity index is 2.44. The summed E-state index contributed by atoms with van der Waals surface area (Å²) < 4.78 is 64.5. The number of rotatable bonds is 3. The molecule has 1 unspecified atom stereocenters. The standard InChI is InChI=1S/C14H9F5O/c15-10-5-4-9(11(16)12(10)17)13(20)7-2-1-3-8(6-7)14(18)19/h1-6,13-14,20H. The molecule has 0 fully saturated rings. The zero-order valence-corrected chi connectivity index (χ0v) is 9.96. The van der Waals surface area contributed by atoms with Gasteiger partial charge in [-0.2, -0.15) is 0 Å². The van der Waals surface area contributed by atoms with Crippen molar-refractivity contribution in [3.05, 3.63) is 70.5 Å². The number of hydrogen-bond acceptors (Lipinski definition) is 1. The largest absolute Gasteiger partial charge is 0.384 e. The van der Waals surface area contributed by atoms with Crippen LogP contribution in [0.5, 0.6) is 0 Å². The van der Waals surface area contributed by atoms with Gasteiger partial charge in [-0.25, -0.2) is 22.0 Å². The van der Waals surface area contributed by atoms with Crippen LogP contribution in [0.2, 0.25) is 0 Å². The summed E-state index contributed by atoms with van der Waals surface area (Å²) in [7, 11) is 0. The van der Waals surface area contributed by atoms with Crippen molar-refractivity contribution in [1.82, 2.24) is 0 Å². The lowest BCUT2D eigenvalue weighted by molar-refractivity contribution is 0.150. The van der Waals surface area contributed by atoms with Crippen LogP contribution in [0.3, 0.4) is 0 Å². The Kier molecular flexibility index (Phi) is 4.04. The number of aliphatic hydroxyl groups excluding tert-OH is 1. The maximum atomic E-state index is 13.5. The predicted molar refractivity (Wildman–Crippen MR) is 61.8 cm³/mol. The molecule has 0 radical (unpaired) electrons. The molecule has 1 nitrogen and oxygen atoms in total. The number of aliphatic hydroxyl groups is 1. The van der Waals surface area contributed by atoms with Crippen LogP contribution in [0, 0.1) is 17.5 Å². The Labute approximate surface area is 111 Å². The third-order valence-corrected chi connectivity index (χ3v) is 2.84. The van der Waals surface area contributed by atoms with E-state index in [1.54, 1.807) is 0 Å². The van der Waals surface area contributed by atoms with Gasteiger partial charge in [0.05, 0.1) is 0 Å². The number of benzene rings is 2. The highest BCUT2D eigenvalue weighted by Crippen LogP contribution is 2.29. The Hall–Kier alpha value is -1.95. The molecule has 0 bridgehead atoms. The molecule has 2 aromatic rings. The molecule has 106 valence electrons. The Morgan fingerprint density at radius 3 is 2.15 bits per heavy atom. The maximum Gasteiger partial charge on any atom is 0.263 e. The van der Waals surface area contributed by atoms with Crippen molar-refractivity contribution in [2.24, 2.45) is 0 Å².